The monoisotopic (exact) mass is 561 g/mol. The van der Waals surface area contributed by atoms with Crippen LogP contribution in [0.15, 0.2) is 18.2 Å². The molecule has 2 N–H and O–H groups in total. The van der Waals surface area contributed by atoms with Crippen molar-refractivity contribution in [3.8, 4) is 11.5 Å². The largest absolute Gasteiger partial charge is 0.586 e. The van der Waals surface area contributed by atoms with E-state index in [1.54, 1.807) is 0 Å². The van der Waals surface area contributed by atoms with Gasteiger partial charge in [-0.05, 0) is 55.7 Å². The number of halogens is 5. The summed E-state index contributed by atoms with van der Waals surface area (Å²) in [6, 6.07) is 0.921. The number of rotatable bonds is 8. The van der Waals surface area contributed by atoms with Crippen molar-refractivity contribution in [2.75, 3.05) is 19.7 Å². The Kier molecular flexibility index (Phi) is 6.67. The standard InChI is InChI=1S/C24H24F5N3O7/c25-23(26,27)37-10-16(33)14(7-12-3-6-30-19(12)34)31-20(35)15-9-22(4-5-22)11-32(15)21(36)13-1-2-17-18(8-13)39-24(28,29)38-17/h1-2,8,12,14-15H,3-7,9-11H2,(H,30,34)(H,31,35)/t12-,14-,15-/m0/s1. The number of Topliss-reactive ketones (excluding diaryl/α,β-unsaturated/α-hetero) is 1. The number of amides is 3. The van der Waals surface area contributed by atoms with Crippen LogP contribution in [0.5, 0.6) is 11.5 Å². The molecule has 1 aliphatic carbocycles. The van der Waals surface area contributed by atoms with Gasteiger partial charge in [0.1, 0.15) is 12.6 Å². The van der Waals surface area contributed by atoms with Crippen LogP contribution in [0.3, 0.4) is 0 Å². The molecule has 39 heavy (non-hydrogen) atoms. The quantitative estimate of drug-likeness (QED) is 0.466. The van der Waals surface area contributed by atoms with Gasteiger partial charge in [0.25, 0.3) is 5.91 Å². The number of fused-ring (bicyclic) bond motifs is 1. The molecule has 10 nitrogen and oxygen atoms in total. The van der Waals surface area contributed by atoms with Gasteiger partial charge in [-0.2, -0.15) is 0 Å². The number of carbonyl (C=O) groups is 4. The van der Waals surface area contributed by atoms with Gasteiger partial charge in [0.2, 0.25) is 11.8 Å². The van der Waals surface area contributed by atoms with Crippen molar-refractivity contribution in [3.63, 3.8) is 0 Å². The average molecular weight is 561 g/mol. The van der Waals surface area contributed by atoms with Crippen molar-refractivity contribution in [1.82, 2.24) is 15.5 Å². The lowest BCUT2D eigenvalue weighted by Gasteiger charge is -2.27. The van der Waals surface area contributed by atoms with Crippen LogP contribution in [-0.4, -0.2) is 72.8 Å². The van der Waals surface area contributed by atoms with Crippen LogP contribution in [-0.2, 0) is 19.1 Å². The van der Waals surface area contributed by atoms with Crippen LogP contribution in [0.4, 0.5) is 22.0 Å². The zero-order valence-corrected chi connectivity index (χ0v) is 20.3. The predicted molar refractivity (Wildman–Crippen MR) is 118 cm³/mol. The van der Waals surface area contributed by atoms with E-state index in [1.807, 2.05) is 0 Å². The molecular formula is C24H24F5N3O7. The van der Waals surface area contributed by atoms with E-state index in [0.29, 0.717) is 13.0 Å². The summed E-state index contributed by atoms with van der Waals surface area (Å²) in [5, 5.41) is 5.01. The molecule has 0 bridgehead atoms. The smallest absolute Gasteiger partial charge is 0.395 e. The second-order valence-electron chi connectivity index (χ2n) is 10.3. The van der Waals surface area contributed by atoms with E-state index in [2.05, 4.69) is 24.8 Å². The zero-order valence-electron chi connectivity index (χ0n) is 20.3. The summed E-state index contributed by atoms with van der Waals surface area (Å²) in [6.45, 7) is -0.844. The van der Waals surface area contributed by atoms with Crippen LogP contribution in [0.2, 0.25) is 0 Å². The van der Waals surface area contributed by atoms with Gasteiger partial charge in [0, 0.05) is 24.6 Å². The Morgan fingerprint density at radius 3 is 2.54 bits per heavy atom. The van der Waals surface area contributed by atoms with Gasteiger partial charge in [-0.15, -0.1) is 22.0 Å². The minimum Gasteiger partial charge on any atom is -0.395 e. The number of ether oxygens (including phenoxy) is 3. The Morgan fingerprint density at radius 1 is 1.18 bits per heavy atom. The molecule has 0 radical (unpaired) electrons. The third-order valence-corrected chi connectivity index (χ3v) is 7.44. The fourth-order valence-corrected chi connectivity index (χ4v) is 5.24. The third kappa shape index (κ3) is 5.92. The Hall–Kier alpha value is -3.49. The molecule has 1 saturated carbocycles. The molecular weight excluding hydrogens is 537 g/mol. The zero-order chi connectivity index (χ0) is 28.2. The maximum atomic E-state index is 13.4. The summed E-state index contributed by atoms with van der Waals surface area (Å²) in [5.74, 6) is -4.20. The maximum Gasteiger partial charge on any atom is 0.586 e. The van der Waals surface area contributed by atoms with Gasteiger partial charge in [-0.3, -0.25) is 23.9 Å². The summed E-state index contributed by atoms with van der Waals surface area (Å²) < 4.78 is 76.8. The number of benzene rings is 1. The molecule has 0 unspecified atom stereocenters. The lowest BCUT2D eigenvalue weighted by atomic mass is 9.95. The molecule has 212 valence electrons. The van der Waals surface area contributed by atoms with Gasteiger partial charge in [0.05, 0.1) is 6.04 Å². The van der Waals surface area contributed by atoms with E-state index in [0.717, 1.165) is 25.0 Å². The normalized spacial score (nSPS) is 24.9. The van der Waals surface area contributed by atoms with Crippen molar-refractivity contribution in [2.24, 2.45) is 11.3 Å². The summed E-state index contributed by atoms with van der Waals surface area (Å²) in [5.41, 5.74) is -0.370. The predicted octanol–water partition coefficient (Wildman–Crippen LogP) is 2.12. The van der Waals surface area contributed by atoms with Gasteiger partial charge >= 0.3 is 12.7 Å². The molecule has 3 amide bonds. The topological polar surface area (TPSA) is 123 Å². The lowest BCUT2D eigenvalue weighted by Crippen LogP contribution is -2.52. The van der Waals surface area contributed by atoms with E-state index in [-0.39, 0.29) is 47.8 Å². The van der Waals surface area contributed by atoms with Crippen LogP contribution in [0, 0.1) is 11.3 Å². The minimum absolute atomic E-state index is 0.0422. The second kappa shape index (κ2) is 9.61. The first-order valence-electron chi connectivity index (χ1n) is 12.3. The Bertz CT molecular complexity index is 1200. The van der Waals surface area contributed by atoms with E-state index in [4.69, 9.17) is 0 Å². The molecule has 1 spiro atoms. The van der Waals surface area contributed by atoms with Gasteiger partial charge in [0.15, 0.2) is 17.3 Å². The van der Waals surface area contributed by atoms with Crippen molar-refractivity contribution in [1.29, 1.82) is 0 Å². The van der Waals surface area contributed by atoms with Gasteiger partial charge in [-0.25, -0.2) is 0 Å². The third-order valence-electron chi connectivity index (χ3n) is 7.44. The highest BCUT2D eigenvalue weighted by molar-refractivity contribution is 6.00. The number of hydrogen-bond acceptors (Lipinski definition) is 7. The Balaban J connectivity index is 1.33. The van der Waals surface area contributed by atoms with Gasteiger partial charge < -0.3 is 25.0 Å². The summed E-state index contributed by atoms with van der Waals surface area (Å²) in [4.78, 5) is 52.7. The first-order chi connectivity index (χ1) is 18.2. The van der Waals surface area contributed by atoms with E-state index >= 15 is 0 Å². The number of alkyl halides is 5. The molecule has 15 heteroatoms. The van der Waals surface area contributed by atoms with Crippen LogP contribution in [0.1, 0.15) is 42.5 Å². The molecule has 0 aromatic heterocycles. The molecule has 3 heterocycles. The van der Waals surface area contributed by atoms with Crippen molar-refractivity contribution >= 4 is 23.5 Å². The van der Waals surface area contributed by atoms with Crippen LogP contribution >= 0.6 is 0 Å². The van der Waals surface area contributed by atoms with E-state index in [9.17, 15) is 41.1 Å². The number of nitrogens with one attached hydrogen (secondary N) is 2. The average Bonchev–Trinajstić information content (AvgIpc) is 3.15. The second-order valence-corrected chi connectivity index (χ2v) is 10.3. The Morgan fingerprint density at radius 2 is 1.90 bits per heavy atom. The van der Waals surface area contributed by atoms with Crippen molar-refractivity contribution in [2.45, 2.75) is 56.8 Å². The van der Waals surface area contributed by atoms with Crippen molar-refractivity contribution in [3.05, 3.63) is 23.8 Å². The number of carbonyl (C=O) groups excluding carboxylic acids is 4. The highest BCUT2D eigenvalue weighted by atomic mass is 19.4. The first-order valence-corrected chi connectivity index (χ1v) is 12.3. The summed E-state index contributed by atoms with van der Waals surface area (Å²) >= 11 is 0. The highest BCUT2D eigenvalue weighted by Crippen LogP contribution is 2.55. The molecule has 1 aromatic carbocycles. The molecule has 4 aliphatic rings. The van der Waals surface area contributed by atoms with Gasteiger partial charge in [-0.1, -0.05) is 0 Å². The minimum atomic E-state index is -5.07. The van der Waals surface area contributed by atoms with Crippen molar-refractivity contribution < 1.29 is 55.3 Å². The molecule has 5 rings (SSSR count). The number of likely N-dealkylation sites (tertiary alicyclic amines) is 1. The Labute approximate surface area is 218 Å². The number of hydrogen-bond donors (Lipinski definition) is 2. The fourth-order valence-electron chi connectivity index (χ4n) is 5.24. The highest BCUT2D eigenvalue weighted by Gasteiger charge is 2.55. The maximum absolute atomic E-state index is 13.4. The summed E-state index contributed by atoms with van der Waals surface area (Å²) in [7, 11) is 0. The molecule has 3 atom stereocenters. The molecule has 2 saturated heterocycles. The van der Waals surface area contributed by atoms with E-state index in [1.165, 1.54) is 11.0 Å². The number of nitrogens with zero attached hydrogens (tertiary/aromatic N) is 1. The fraction of sp³-hybridized carbons (Fsp3) is 0.583. The van der Waals surface area contributed by atoms with E-state index < -0.39 is 54.9 Å². The molecule has 3 fully saturated rings. The van der Waals surface area contributed by atoms with Crippen LogP contribution in [0.25, 0.3) is 0 Å². The van der Waals surface area contributed by atoms with Crippen LogP contribution < -0.4 is 20.1 Å². The molecule has 1 aromatic rings. The first kappa shape index (κ1) is 27.1. The number of ketones is 1. The molecule has 3 aliphatic heterocycles. The summed E-state index contributed by atoms with van der Waals surface area (Å²) in [6.07, 6.45) is -7.14. The SMILES string of the molecule is O=C1NCC[C@H]1C[C@H](NC(=O)[C@@H]1CC2(CC2)CN1C(=O)c1ccc2c(c1)OC(F)(F)O2)C(=O)COC(F)(F)F. The lowest BCUT2D eigenvalue weighted by molar-refractivity contribution is -0.321.